The van der Waals surface area contributed by atoms with E-state index in [-0.39, 0.29) is 11.5 Å². The first-order valence-electron chi connectivity index (χ1n) is 6.12. The number of thiophene rings is 1. The van der Waals surface area contributed by atoms with E-state index in [0.29, 0.717) is 10.6 Å². The molecule has 0 saturated heterocycles. The second-order valence-corrected chi connectivity index (χ2v) is 5.21. The third-order valence-electron chi connectivity index (χ3n) is 3.02. The van der Waals surface area contributed by atoms with Gasteiger partial charge in [-0.3, -0.25) is 9.78 Å². The number of carbonyl (C=O) groups excluding carboxylic acids is 1. The van der Waals surface area contributed by atoms with E-state index in [1.54, 1.807) is 17.6 Å². The summed E-state index contributed by atoms with van der Waals surface area (Å²) in [6, 6.07) is 10.4. The van der Waals surface area contributed by atoms with Crippen LogP contribution in [0.2, 0.25) is 0 Å². The second-order valence-electron chi connectivity index (χ2n) is 4.30. The number of hydrogen-bond acceptors (Lipinski definition) is 4. The average Bonchev–Trinajstić information content (AvgIpc) is 2.95. The molecule has 0 atom stereocenters. The molecule has 21 heavy (non-hydrogen) atoms. The van der Waals surface area contributed by atoms with Crippen LogP contribution in [0.1, 0.15) is 20.7 Å². The number of amides is 1. The van der Waals surface area contributed by atoms with Crippen LogP contribution < -0.4 is 5.32 Å². The molecule has 104 valence electrons. The van der Waals surface area contributed by atoms with Gasteiger partial charge in [0.05, 0.1) is 16.6 Å². The molecule has 0 radical (unpaired) electrons. The van der Waals surface area contributed by atoms with E-state index < -0.39 is 5.97 Å². The summed E-state index contributed by atoms with van der Waals surface area (Å²) in [6.07, 6.45) is 1.56. The molecule has 3 aromatic rings. The smallest absolute Gasteiger partial charge is 0.338 e. The normalized spacial score (nSPS) is 10.5. The first-order chi connectivity index (χ1) is 10.2. The molecule has 0 fully saturated rings. The summed E-state index contributed by atoms with van der Waals surface area (Å²) in [5.41, 5.74) is 1.27. The molecule has 0 aliphatic carbocycles. The van der Waals surface area contributed by atoms with Crippen molar-refractivity contribution >= 4 is 39.1 Å². The molecule has 5 nitrogen and oxygen atoms in total. The fraction of sp³-hybridized carbons (Fsp3) is 0. The number of carboxylic acids is 1. The summed E-state index contributed by atoms with van der Waals surface area (Å²) >= 11 is 1.18. The minimum absolute atomic E-state index is 0.0895. The molecule has 1 amide bonds. The highest BCUT2D eigenvalue weighted by Crippen LogP contribution is 2.25. The van der Waals surface area contributed by atoms with E-state index in [4.69, 9.17) is 5.11 Å². The number of aromatic carboxylic acids is 1. The van der Waals surface area contributed by atoms with E-state index in [1.807, 2.05) is 24.3 Å². The van der Waals surface area contributed by atoms with Crippen molar-refractivity contribution in [3.8, 4) is 0 Å². The maximum absolute atomic E-state index is 12.4. The average molecular weight is 298 g/mol. The molecular formula is C15H10N2O3S. The standard InChI is InChI=1S/C15H10N2O3S/c18-13(17-14-11(15(19)20)6-8-21-14)10-5-7-16-12-4-2-1-3-9(10)12/h1-8H,(H,17,18)(H,19,20). The van der Waals surface area contributed by atoms with Gasteiger partial charge in [0.25, 0.3) is 5.91 Å². The number of carbonyl (C=O) groups is 2. The molecule has 0 spiro atoms. The van der Waals surface area contributed by atoms with Crippen LogP contribution in [0.3, 0.4) is 0 Å². The van der Waals surface area contributed by atoms with Gasteiger partial charge < -0.3 is 10.4 Å². The number of nitrogens with one attached hydrogen (secondary N) is 1. The Kier molecular flexibility index (Phi) is 3.37. The highest BCUT2D eigenvalue weighted by Gasteiger charge is 2.16. The lowest BCUT2D eigenvalue weighted by molar-refractivity contribution is 0.0698. The van der Waals surface area contributed by atoms with Gasteiger partial charge in [-0.25, -0.2) is 4.79 Å². The van der Waals surface area contributed by atoms with Crippen LogP contribution in [0.4, 0.5) is 5.00 Å². The Balaban J connectivity index is 1.98. The third kappa shape index (κ3) is 2.48. The van der Waals surface area contributed by atoms with Crippen molar-refractivity contribution in [2.75, 3.05) is 5.32 Å². The Hall–Kier alpha value is -2.73. The molecule has 0 aliphatic heterocycles. The highest BCUT2D eigenvalue weighted by molar-refractivity contribution is 7.14. The number of anilines is 1. The Bertz CT molecular complexity index is 836. The molecule has 2 heterocycles. The van der Waals surface area contributed by atoms with Gasteiger partial charge in [-0.05, 0) is 23.6 Å². The minimum Gasteiger partial charge on any atom is -0.478 e. The predicted molar refractivity (Wildman–Crippen MR) is 81.0 cm³/mol. The van der Waals surface area contributed by atoms with Crippen LogP contribution in [-0.2, 0) is 0 Å². The molecule has 3 rings (SSSR count). The first kappa shape index (κ1) is 13.3. The summed E-state index contributed by atoms with van der Waals surface area (Å²) in [7, 11) is 0. The summed E-state index contributed by atoms with van der Waals surface area (Å²) in [5, 5.41) is 14.4. The van der Waals surface area contributed by atoms with E-state index in [0.717, 1.165) is 10.9 Å². The fourth-order valence-corrected chi connectivity index (χ4v) is 2.81. The number of para-hydroxylation sites is 1. The third-order valence-corrected chi connectivity index (χ3v) is 3.85. The van der Waals surface area contributed by atoms with Crippen LogP contribution in [0.25, 0.3) is 10.9 Å². The molecule has 1 aromatic carbocycles. The van der Waals surface area contributed by atoms with Crippen molar-refractivity contribution in [3.05, 3.63) is 59.1 Å². The number of aromatic nitrogens is 1. The number of fused-ring (bicyclic) bond motifs is 1. The maximum atomic E-state index is 12.4. The zero-order valence-electron chi connectivity index (χ0n) is 10.7. The fourth-order valence-electron chi connectivity index (χ4n) is 2.04. The molecular weight excluding hydrogens is 288 g/mol. The van der Waals surface area contributed by atoms with Crippen molar-refractivity contribution in [2.24, 2.45) is 0 Å². The van der Waals surface area contributed by atoms with Crippen LogP contribution in [0, 0.1) is 0 Å². The highest BCUT2D eigenvalue weighted by atomic mass is 32.1. The number of carboxylic acid groups (broad SMARTS) is 1. The Labute approximate surface area is 123 Å². The van der Waals surface area contributed by atoms with Crippen LogP contribution in [-0.4, -0.2) is 22.0 Å². The largest absolute Gasteiger partial charge is 0.478 e. The summed E-state index contributed by atoms with van der Waals surface area (Å²) in [4.78, 5) is 27.6. The van der Waals surface area contributed by atoms with Crippen molar-refractivity contribution in [2.45, 2.75) is 0 Å². The van der Waals surface area contributed by atoms with Gasteiger partial charge in [0.15, 0.2) is 0 Å². The lowest BCUT2D eigenvalue weighted by atomic mass is 10.1. The van der Waals surface area contributed by atoms with Gasteiger partial charge >= 0.3 is 5.97 Å². The van der Waals surface area contributed by atoms with Gasteiger partial charge in [-0.15, -0.1) is 11.3 Å². The quantitative estimate of drug-likeness (QED) is 0.778. The van der Waals surface area contributed by atoms with Crippen molar-refractivity contribution in [1.82, 2.24) is 4.98 Å². The molecule has 0 unspecified atom stereocenters. The molecule has 0 bridgehead atoms. The van der Waals surface area contributed by atoms with Gasteiger partial charge in [0, 0.05) is 11.6 Å². The van der Waals surface area contributed by atoms with E-state index in [9.17, 15) is 9.59 Å². The SMILES string of the molecule is O=C(O)c1ccsc1NC(=O)c1ccnc2ccccc12. The van der Waals surface area contributed by atoms with Gasteiger partial charge in [0.2, 0.25) is 0 Å². The van der Waals surface area contributed by atoms with Crippen molar-refractivity contribution in [3.63, 3.8) is 0 Å². The predicted octanol–water partition coefficient (Wildman–Crippen LogP) is 3.25. The zero-order valence-corrected chi connectivity index (χ0v) is 11.6. The van der Waals surface area contributed by atoms with Crippen molar-refractivity contribution < 1.29 is 14.7 Å². The number of nitrogens with zero attached hydrogens (tertiary/aromatic N) is 1. The summed E-state index contributed by atoms with van der Waals surface area (Å²) in [6.45, 7) is 0. The number of rotatable bonds is 3. The molecule has 6 heteroatoms. The molecule has 2 N–H and O–H groups in total. The lowest BCUT2D eigenvalue weighted by Crippen LogP contribution is -2.13. The first-order valence-corrected chi connectivity index (χ1v) is 7.00. The number of pyridine rings is 1. The van der Waals surface area contributed by atoms with Gasteiger partial charge in [-0.2, -0.15) is 0 Å². The number of benzene rings is 1. The van der Waals surface area contributed by atoms with Crippen LogP contribution in [0.5, 0.6) is 0 Å². The lowest BCUT2D eigenvalue weighted by Gasteiger charge is -2.07. The van der Waals surface area contributed by atoms with Gasteiger partial charge in [-0.1, -0.05) is 18.2 Å². The topological polar surface area (TPSA) is 79.3 Å². The molecule has 2 aromatic heterocycles. The summed E-state index contributed by atoms with van der Waals surface area (Å²) < 4.78 is 0. The second kappa shape index (κ2) is 5.34. The molecule has 0 aliphatic rings. The summed E-state index contributed by atoms with van der Waals surface area (Å²) in [5.74, 6) is -1.41. The zero-order chi connectivity index (χ0) is 14.8. The van der Waals surface area contributed by atoms with E-state index in [1.165, 1.54) is 17.4 Å². The Morgan fingerprint density at radius 3 is 2.71 bits per heavy atom. The minimum atomic E-state index is -1.06. The number of hydrogen-bond donors (Lipinski definition) is 2. The van der Waals surface area contributed by atoms with E-state index in [2.05, 4.69) is 10.3 Å². The Morgan fingerprint density at radius 1 is 1.10 bits per heavy atom. The Morgan fingerprint density at radius 2 is 1.90 bits per heavy atom. The van der Waals surface area contributed by atoms with Crippen LogP contribution in [0.15, 0.2) is 48.0 Å². The van der Waals surface area contributed by atoms with Gasteiger partial charge in [0.1, 0.15) is 5.00 Å². The van der Waals surface area contributed by atoms with E-state index >= 15 is 0 Å². The maximum Gasteiger partial charge on any atom is 0.338 e. The monoisotopic (exact) mass is 298 g/mol. The van der Waals surface area contributed by atoms with Crippen LogP contribution >= 0.6 is 11.3 Å². The molecule has 0 saturated carbocycles. The van der Waals surface area contributed by atoms with Crippen molar-refractivity contribution in [1.29, 1.82) is 0 Å².